The maximum absolute atomic E-state index is 11.6. The van der Waals surface area contributed by atoms with Crippen molar-refractivity contribution in [2.24, 2.45) is 0 Å². The summed E-state index contributed by atoms with van der Waals surface area (Å²) in [6, 6.07) is 4.11. The summed E-state index contributed by atoms with van der Waals surface area (Å²) in [6.45, 7) is 3.99. The molecule has 1 rings (SSSR count). The second-order valence-electron chi connectivity index (χ2n) is 8.14. The monoisotopic (exact) mass is 479 g/mol. The van der Waals surface area contributed by atoms with E-state index < -0.39 is 10.1 Å². The van der Waals surface area contributed by atoms with Crippen molar-refractivity contribution in [2.75, 3.05) is 6.61 Å². The largest absolute Gasteiger partial charge is 0.492 e. The number of hydrogen-bond donors (Lipinski definition) is 1. The molecular formula is C24H40KO5S. The van der Waals surface area contributed by atoms with Gasteiger partial charge >= 0.3 is 0 Å². The molecule has 1 radical (unpaired) electrons. The average molecular weight is 480 g/mol. The van der Waals surface area contributed by atoms with Gasteiger partial charge in [0.1, 0.15) is 10.6 Å². The summed E-state index contributed by atoms with van der Waals surface area (Å²) in [5, 5.41) is 0. The van der Waals surface area contributed by atoms with Crippen LogP contribution in [0.4, 0.5) is 0 Å². The van der Waals surface area contributed by atoms with Crippen LogP contribution >= 0.6 is 0 Å². The molecule has 0 amide bonds. The van der Waals surface area contributed by atoms with Crippen molar-refractivity contribution in [3.8, 4) is 5.75 Å². The van der Waals surface area contributed by atoms with Gasteiger partial charge in [0.05, 0.1) is 6.61 Å². The van der Waals surface area contributed by atoms with Gasteiger partial charge < -0.3 is 4.74 Å². The number of unbranched alkanes of at least 4 members (excludes halogenated alkanes) is 13. The van der Waals surface area contributed by atoms with Crippen LogP contribution in [0, 0.1) is 0 Å². The van der Waals surface area contributed by atoms with E-state index in [1.807, 2.05) is 0 Å². The van der Waals surface area contributed by atoms with Crippen LogP contribution in [-0.4, -0.2) is 76.7 Å². The number of Topliss-reactive ketones (excluding diaryl/α,β-unsaturated/α-hetero) is 1. The molecule has 0 saturated heterocycles. The molecule has 0 fully saturated rings. The Morgan fingerprint density at radius 2 is 1.29 bits per heavy atom. The zero-order chi connectivity index (χ0) is 22.2. The fourth-order valence-electron chi connectivity index (χ4n) is 3.53. The van der Waals surface area contributed by atoms with Crippen LogP contribution in [0.1, 0.15) is 114 Å². The Morgan fingerprint density at radius 1 is 0.839 bits per heavy atom. The van der Waals surface area contributed by atoms with Crippen molar-refractivity contribution in [2.45, 2.75) is 109 Å². The van der Waals surface area contributed by atoms with Gasteiger partial charge in [-0.3, -0.25) is 9.35 Å². The number of hydrogen-bond acceptors (Lipinski definition) is 4. The molecule has 0 heterocycles. The topological polar surface area (TPSA) is 80.7 Å². The third kappa shape index (κ3) is 14.9. The minimum Gasteiger partial charge on any atom is -0.492 e. The smallest absolute Gasteiger partial charge is 0.298 e. The number of ketones is 1. The quantitative estimate of drug-likeness (QED) is 0.111. The van der Waals surface area contributed by atoms with Crippen LogP contribution in [0.15, 0.2) is 23.1 Å². The van der Waals surface area contributed by atoms with Gasteiger partial charge in [-0.05, 0) is 31.5 Å². The van der Waals surface area contributed by atoms with Gasteiger partial charge in [0.2, 0.25) is 0 Å². The van der Waals surface area contributed by atoms with E-state index in [2.05, 4.69) is 6.92 Å². The van der Waals surface area contributed by atoms with Crippen molar-refractivity contribution in [3.63, 3.8) is 0 Å². The molecule has 0 unspecified atom stereocenters. The first kappa shape index (κ1) is 31.2. The second kappa shape index (κ2) is 18.6. The summed E-state index contributed by atoms with van der Waals surface area (Å²) >= 11 is 0. The van der Waals surface area contributed by atoms with Crippen LogP contribution in [0.5, 0.6) is 5.75 Å². The maximum atomic E-state index is 11.6. The minimum absolute atomic E-state index is 0. The summed E-state index contributed by atoms with van der Waals surface area (Å²) in [6.07, 6.45) is 17.7. The number of benzene rings is 1. The standard InChI is InChI=1S/C24H40O5S.K/c1-3-4-5-6-7-8-9-10-11-12-13-14-15-16-19-29-23-18-17-22(21(2)25)20-24(23)30(26,27)28;/h17-18,20H,3-16,19H2,1-2H3,(H,26,27,28);. The third-order valence-corrected chi connectivity index (χ3v) is 6.26. The summed E-state index contributed by atoms with van der Waals surface area (Å²) in [5.74, 6) is -0.171. The Balaban J connectivity index is 0.00000900. The van der Waals surface area contributed by atoms with Crippen LogP contribution in [0.3, 0.4) is 0 Å². The first-order valence-electron chi connectivity index (χ1n) is 11.6. The molecule has 0 spiro atoms. The van der Waals surface area contributed by atoms with Crippen LogP contribution < -0.4 is 4.74 Å². The summed E-state index contributed by atoms with van der Waals surface area (Å²) in [7, 11) is -4.44. The van der Waals surface area contributed by atoms with Crippen LogP contribution in [-0.2, 0) is 10.1 Å². The number of carbonyl (C=O) groups is 1. The molecular weight excluding hydrogens is 439 g/mol. The molecule has 0 saturated carbocycles. The van der Waals surface area contributed by atoms with Crippen LogP contribution in [0.25, 0.3) is 0 Å². The summed E-state index contributed by atoms with van der Waals surface area (Å²) < 4.78 is 38.0. The molecule has 1 N–H and O–H groups in total. The van der Waals surface area contributed by atoms with E-state index in [1.165, 1.54) is 89.7 Å². The fraction of sp³-hybridized carbons (Fsp3) is 0.708. The van der Waals surface area contributed by atoms with Crippen LogP contribution in [0.2, 0.25) is 0 Å². The predicted molar refractivity (Wildman–Crippen MR) is 128 cm³/mol. The molecule has 0 aliphatic rings. The number of carbonyl (C=O) groups excluding carboxylic acids is 1. The van der Waals surface area contributed by atoms with E-state index in [9.17, 15) is 17.8 Å². The molecule has 5 nitrogen and oxygen atoms in total. The Hall–Kier alpha value is 0.236. The first-order chi connectivity index (χ1) is 14.4. The Bertz CT molecular complexity index is 719. The van der Waals surface area contributed by atoms with Gasteiger partial charge in [-0.1, -0.05) is 90.4 Å². The molecule has 0 aromatic heterocycles. The van der Waals surface area contributed by atoms with E-state index in [0.29, 0.717) is 6.61 Å². The Morgan fingerprint density at radius 3 is 1.71 bits per heavy atom. The molecule has 173 valence electrons. The van der Waals surface area contributed by atoms with Gasteiger partial charge in [0.25, 0.3) is 10.1 Å². The second-order valence-corrected chi connectivity index (χ2v) is 9.53. The summed E-state index contributed by atoms with van der Waals surface area (Å²) in [4.78, 5) is 11.1. The summed E-state index contributed by atoms with van der Waals surface area (Å²) in [5.41, 5.74) is 0.228. The Labute approximate surface area is 232 Å². The molecule has 1 aromatic carbocycles. The van der Waals surface area contributed by atoms with E-state index in [-0.39, 0.29) is 73.4 Å². The molecule has 0 aliphatic heterocycles. The normalized spacial score (nSPS) is 11.2. The minimum atomic E-state index is -4.44. The maximum Gasteiger partial charge on any atom is 0.298 e. The molecule has 0 aliphatic carbocycles. The van der Waals surface area contributed by atoms with Crippen molar-refractivity contribution < 1.29 is 22.5 Å². The zero-order valence-electron chi connectivity index (χ0n) is 19.8. The molecule has 0 bridgehead atoms. The van der Waals surface area contributed by atoms with E-state index >= 15 is 0 Å². The molecule has 7 heteroatoms. The van der Waals surface area contributed by atoms with Crippen molar-refractivity contribution >= 4 is 67.3 Å². The predicted octanol–water partition coefficient (Wildman–Crippen LogP) is 6.62. The first-order valence-corrected chi connectivity index (χ1v) is 13.1. The SMILES string of the molecule is CCCCCCCCCCCCCCCCOc1ccc(C(C)=O)cc1S(=O)(=O)O.[K]. The average Bonchev–Trinajstić information content (AvgIpc) is 2.70. The van der Waals surface area contributed by atoms with Gasteiger partial charge in [-0.2, -0.15) is 8.42 Å². The van der Waals surface area contributed by atoms with Gasteiger partial charge in [0.15, 0.2) is 5.78 Å². The third-order valence-electron chi connectivity index (χ3n) is 5.38. The molecule has 1 aromatic rings. The van der Waals surface area contributed by atoms with Gasteiger partial charge in [-0.15, -0.1) is 0 Å². The van der Waals surface area contributed by atoms with Crippen molar-refractivity contribution in [1.82, 2.24) is 0 Å². The van der Waals surface area contributed by atoms with E-state index in [4.69, 9.17) is 4.74 Å². The van der Waals surface area contributed by atoms with Gasteiger partial charge in [0, 0.05) is 56.9 Å². The Kier molecular flexibility index (Phi) is 18.8. The van der Waals surface area contributed by atoms with E-state index in [0.717, 1.165) is 25.3 Å². The van der Waals surface area contributed by atoms with Crippen molar-refractivity contribution in [3.05, 3.63) is 23.8 Å². The van der Waals surface area contributed by atoms with Crippen molar-refractivity contribution in [1.29, 1.82) is 0 Å². The fourth-order valence-corrected chi connectivity index (χ4v) is 4.18. The number of rotatable bonds is 18. The molecule has 0 atom stereocenters. The number of ether oxygens (including phenoxy) is 1. The zero-order valence-corrected chi connectivity index (χ0v) is 23.8. The van der Waals surface area contributed by atoms with Gasteiger partial charge in [-0.25, -0.2) is 0 Å². The van der Waals surface area contributed by atoms with E-state index in [1.54, 1.807) is 0 Å². The molecule has 31 heavy (non-hydrogen) atoms.